The predicted octanol–water partition coefficient (Wildman–Crippen LogP) is 2.64. The van der Waals surface area contributed by atoms with Gasteiger partial charge in [-0.05, 0) is 53.3 Å². The Bertz CT molecular complexity index is 1450. The van der Waals surface area contributed by atoms with Crippen LogP contribution in [0.15, 0.2) is 94.9 Å². The molecular formula is C25H24N4O4S. The molecule has 0 fully saturated rings. The van der Waals surface area contributed by atoms with Crippen molar-refractivity contribution >= 4 is 26.8 Å². The van der Waals surface area contributed by atoms with Crippen LogP contribution in [0, 0.1) is 0 Å². The van der Waals surface area contributed by atoms with Gasteiger partial charge < -0.3 is 9.88 Å². The molecule has 1 amide bonds. The van der Waals surface area contributed by atoms with E-state index in [2.05, 4.69) is 14.7 Å². The largest absolute Gasteiger partial charge is 0.344 e. The number of carbonyl (C=O) groups is 1. The van der Waals surface area contributed by atoms with E-state index in [4.69, 9.17) is 0 Å². The lowest BCUT2D eigenvalue weighted by Gasteiger charge is -2.25. The lowest BCUT2D eigenvalue weighted by atomic mass is 10.1. The first-order valence-electron chi connectivity index (χ1n) is 10.7. The van der Waals surface area contributed by atoms with Crippen LogP contribution in [0.5, 0.6) is 0 Å². The van der Waals surface area contributed by atoms with Gasteiger partial charge in [-0.3, -0.25) is 14.6 Å². The average molecular weight is 477 g/mol. The van der Waals surface area contributed by atoms with Crippen LogP contribution in [0.4, 0.5) is 0 Å². The second-order valence-corrected chi connectivity index (χ2v) is 9.62. The zero-order valence-electron chi connectivity index (χ0n) is 18.5. The molecule has 1 atom stereocenters. The maximum atomic E-state index is 13.4. The Morgan fingerprint density at radius 2 is 1.85 bits per heavy atom. The molecule has 0 bridgehead atoms. The molecule has 8 nitrogen and oxygen atoms in total. The molecule has 0 spiro atoms. The summed E-state index contributed by atoms with van der Waals surface area (Å²) in [5.74, 6) is -0.371. The van der Waals surface area contributed by atoms with Gasteiger partial charge in [-0.15, -0.1) is 0 Å². The van der Waals surface area contributed by atoms with Crippen molar-refractivity contribution in [2.75, 3.05) is 13.6 Å². The normalized spacial score (nSPS) is 12.4. The third kappa shape index (κ3) is 5.38. The summed E-state index contributed by atoms with van der Waals surface area (Å²) < 4.78 is 29.1. The number of fused-ring (bicyclic) bond motifs is 1. The summed E-state index contributed by atoms with van der Waals surface area (Å²) in [6.07, 6.45) is 4.01. The minimum atomic E-state index is -4.05. The standard InChI is InChI=1S/C25H24N4O4S/c1-29(15-13-18-6-5-14-26-17-18)25(31)24(19-7-3-2-4-8-19)28-34(32,33)21-10-11-22-20(16-21)9-12-23(30)27-22/h2-12,14,16-17,24,28H,13,15H2,1H3,(H,27,30). The molecule has 0 aliphatic rings. The monoisotopic (exact) mass is 476 g/mol. The average Bonchev–Trinajstić information content (AvgIpc) is 2.86. The minimum absolute atomic E-state index is 0.00112. The maximum absolute atomic E-state index is 13.4. The Morgan fingerprint density at radius 1 is 1.06 bits per heavy atom. The van der Waals surface area contributed by atoms with E-state index >= 15 is 0 Å². The fourth-order valence-corrected chi connectivity index (χ4v) is 4.82. The molecule has 2 aromatic heterocycles. The number of rotatable bonds is 8. The summed E-state index contributed by atoms with van der Waals surface area (Å²) in [5.41, 5.74) is 1.77. The van der Waals surface area contributed by atoms with Crippen LogP contribution in [0.2, 0.25) is 0 Å². The van der Waals surface area contributed by atoms with E-state index < -0.39 is 16.1 Å². The molecule has 0 saturated carbocycles. The lowest BCUT2D eigenvalue weighted by Crippen LogP contribution is -2.42. The van der Waals surface area contributed by atoms with E-state index in [0.29, 0.717) is 29.4 Å². The number of hydrogen-bond donors (Lipinski definition) is 2. The number of amides is 1. The third-order valence-electron chi connectivity index (χ3n) is 5.49. The van der Waals surface area contributed by atoms with Gasteiger partial charge in [-0.1, -0.05) is 36.4 Å². The highest BCUT2D eigenvalue weighted by molar-refractivity contribution is 7.89. The molecular weight excluding hydrogens is 452 g/mol. The minimum Gasteiger partial charge on any atom is -0.344 e. The van der Waals surface area contributed by atoms with Crippen LogP contribution in [0.25, 0.3) is 10.9 Å². The molecule has 1 unspecified atom stereocenters. The van der Waals surface area contributed by atoms with Crippen molar-refractivity contribution in [3.05, 3.63) is 107 Å². The highest BCUT2D eigenvalue weighted by atomic mass is 32.2. The second-order valence-electron chi connectivity index (χ2n) is 7.91. The summed E-state index contributed by atoms with van der Waals surface area (Å²) in [6.45, 7) is 0.402. The van der Waals surface area contributed by atoms with Crippen molar-refractivity contribution < 1.29 is 13.2 Å². The van der Waals surface area contributed by atoms with Gasteiger partial charge in [0.05, 0.1) is 4.90 Å². The molecule has 9 heteroatoms. The van der Waals surface area contributed by atoms with Crippen molar-refractivity contribution in [2.24, 2.45) is 0 Å². The molecule has 0 radical (unpaired) electrons. The van der Waals surface area contributed by atoms with Gasteiger partial charge in [0.2, 0.25) is 21.5 Å². The Balaban J connectivity index is 1.60. The SMILES string of the molecule is CN(CCc1cccnc1)C(=O)C(NS(=O)(=O)c1ccc2[nH]c(=O)ccc2c1)c1ccccc1. The molecule has 2 N–H and O–H groups in total. The van der Waals surface area contributed by atoms with Gasteiger partial charge >= 0.3 is 0 Å². The molecule has 4 rings (SSSR count). The number of aromatic amines is 1. The van der Waals surface area contributed by atoms with Crippen LogP contribution >= 0.6 is 0 Å². The quantitative estimate of drug-likeness (QED) is 0.406. The number of nitrogens with one attached hydrogen (secondary N) is 2. The molecule has 0 aliphatic carbocycles. The first-order chi connectivity index (χ1) is 16.3. The number of sulfonamides is 1. The second kappa shape index (κ2) is 9.98. The number of nitrogens with zero attached hydrogens (tertiary/aromatic N) is 2. The summed E-state index contributed by atoms with van der Waals surface area (Å²) in [6, 6.07) is 18.7. The van der Waals surface area contributed by atoms with Gasteiger partial charge in [-0.25, -0.2) is 8.42 Å². The summed E-state index contributed by atoms with van der Waals surface area (Å²) in [4.78, 5) is 33.1. The van der Waals surface area contributed by atoms with Crippen molar-refractivity contribution in [1.82, 2.24) is 19.6 Å². The van der Waals surface area contributed by atoms with Crippen LogP contribution in [0.1, 0.15) is 17.2 Å². The molecule has 0 saturated heterocycles. The first-order valence-corrected chi connectivity index (χ1v) is 12.2. The topological polar surface area (TPSA) is 112 Å². The molecule has 2 aromatic carbocycles. The highest BCUT2D eigenvalue weighted by Crippen LogP contribution is 2.22. The van der Waals surface area contributed by atoms with Crippen LogP contribution in [0.3, 0.4) is 0 Å². The molecule has 0 aliphatic heterocycles. The lowest BCUT2D eigenvalue weighted by molar-refractivity contribution is -0.131. The summed E-state index contributed by atoms with van der Waals surface area (Å²) in [7, 11) is -2.41. The van der Waals surface area contributed by atoms with Gasteiger partial charge in [0.25, 0.3) is 0 Å². The molecule has 2 heterocycles. The zero-order valence-corrected chi connectivity index (χ0v) is 19.3. The van der Waals surface area contributed by atoms with Crippen molar-refractivity contribution in [2.45, 2.75) is 17.4 Å². The van der Waals surface area contributed by atoms with E-state index in [1.165, 1.54) is 29.2 Å². The summed E-state index contributed by atoms with van der Waals surface area (Å²) >= 11 is 0. The van der Waals surface area contributed by atoms with E-state index in [1.807, 2.05) is 12.1 Å². The molecule has 4 aromatic rings. The Labute approximate surface area is 197 Å². The predicted molar refractivity (Wildman–Crippen MR) is 130 cm³/mol. The van der Waals surface area contributed by atoms with Crippen molar-refractivity contribution in [3.63, 3.8) is 0 Å². The first kappa shape index (κ1) is 23.3. The number of H-pyrrole nitrogens is 1. The van der Waals surface area contributed by atoms with Gasteiger partial charge in [-0.2, -0.15) is 4.72 Å². The fourth-order valence-electron chi connectivity index (χ4n) is 3.60. The van der Waals surface area contributed by atoms with E-state index in [9.17, 15) is 18.0 Å². The van der Waals surface area contributed by atoms with E-state index in [-0.39, 0.29) is 16.4 Å². The number of pyridine rings is 2. The van der Waals surface area contributed by atoms with E-state index in [1.54, 1.807) is 55.8 Å². The van der Waals surface area contributed by atoms with Gasteiger partial charge in [0.1, 0.15) is 6.04 Å². The number of benzene rings is 2. The number of hydrogen-bond acceptors (Lipinski definition) is 5. The van der Waals surface area contributed by atoms with Gasteiger partial charge in [0.15, 0.2) is 0 Å². The number of aromatic nitrogens is 2. The molecule has 34 heavy (non-hydrogen) atoms. The number of likely N-dealkylation sites (N-methyl/N-ethyl adjacent to an activating group) is 1. The van der Waals surface area contributed by atoms with Crippen LogP contribution in [-0.2, 0) is 21.2 Å². The van der Waals surface area contributed by atoms with Crippen molar-refractivity contribution in [3.8, 4) is 0 Å². The smallest absolute Gasteiger partial charge is 0.248 e. The maximum Gasteiger partial charge on any atom is 0.248 e. The fraction of sp³-hybridized carbons (Fsp3) is 0.160. The Hall–Kier alpha value is -3.82. The van der Waals surface area contributed by atoms with E-state index in [0.717, 1.165) is 5.56 Å². The number of carbonyl (C=O) groups excluding carboxylic acids is 1. The van der Waals surface area contributed by atoms with Crippen LogP contribution in [-0.4, -0.2) is 42.8 Å². The van der Waals surface area contributed by atoms with Crippen LogP contribution < -0.4 is 10.3 Å². The Kier molecular flexibility index (Phi) is 6.85. The van der Waals surface area contributed by atoms with Gasteiger partial charge in [0, 0.05) is 37.6 Å². The molecule has 174 valence electrons. The Morgan fingerprint density at radius 3 is 2.59 bits per heavy atom. The highest BCUT2D eigenvalue weighted by Gasteiger charge is 2.29. The summed E-state index contributed by atoms with van der Waals surface area (Å²) in [5, 5.41) is 0.568. The zero-order chi connectivity index (χ0) is 24.1. The third-order valence-corrected chi connectivity index (χ3v) is 6.91. The van der Waals surface area contributed by atoms with Crippen molar-refractivity contribution in [1.29, 1.82) is 0 Å².